The molecule has 2 aliphatic rings. The minimum atomic E-state index is -0.763. The van der Waals surface area contributed by atoms with Gasteiger partial charge in [-0.25, -0.2) is 10.1 Å². The molecule has 3 rings (SSSR count). The molecule has 2 aliphatic heterocycles. The Morgan fingerprint density at radius 3 is 2.75 bits per heavy atom. The minimum Gasteiger partial charge on any atom is -0.381 e. The van der Waals surface area contributed by atoms with Gasteiger partial charge in [-0.2, -0.15) is 0 Å². The van der Waals surface area contributed by atoms with Crippen molar-refractivity contribution in [3.63, 3.8) is 0 Å². The summed E-state index contributed by atoms with van der Waals surface area (Å²) in [4.78, 5) is 26.7. The van der Waals surface area contributed by atoms with Crippen LogP contribution >= 0.6 is 11.6 Å². The molecule has 2 fully saturated rings. The summed E-state index contributed by atoms with van der Waals surface area (Å²) >= 11 is 5.83. The summed E-state index contributed by atoms with van der Waals surface area (Å²) in [6.07, 6.45) is 0.910. The van der Waals surface area contributed by atoms with Crippen LogP contribution in [0.3, 0.4) is 0 Å². The van der Waals surface area contributed by atoms with Crippen LogP contribution in [-0.2, 0) is 4.74 Å². The summed E-state index contributed by atoms with van der Waals surface area (Å²) < 4.78 is 5.35. The van der Waals surface area contributed by atoms with E-state index in [1.165, 1.54) is 4.90 Å². The fourth-order valence-electron chi connectivity index (χ4n) is 2.93. The van der Waals surface area contributed by atoms with Crippen molar-refractivity contribution in [1.82, 2.24) is 9.80 Å². The van der Waals surface area contributed by atoms with Crippen molar-refractivity contribution in [1.29, 1.82) is 0 Å². The van der Waals surface area contributed by atoms with Crippen LogP contribution in [0, 0.1) is 16.0 Å². The maximum atomic E-state index is 12.7. The molecule has 0 aromatic heterocycles. The number of hydrazone groups is 1. The predicted molar refractivity (Wildman–Crippen MR) is 87.4 cm³/mol. The van der Waals surface area contributed by atoms with E-state index in [0.29, 0.717) is 49.4 Å². The maximum Gasteiger partial charge on any atom is 0.281 e. The highest BCUT2D eigenvalue weighted by atomic mass is 35.5. The number of ether oxygens (including phenoxy) is 1. The van der Waals surface area contributed by atoms with E-state index in [4.69, 9.17) is 16.3 Å². The molecule has 2 saturated heterocycles. The fraction of sp³-hybridized carbons (Fsp3) is 0.467. The van der Waals surface area contributed by atoms with E-state index >= 15 is 0 Å². The first-order valence-electron chi connectivity index (χ1n) is 7.67. The first-order chi connectivity index (χ1) is 11.5. The Balaban J connectivity index is 1.79. The molecular weight excluding hydrogens is 336 g/mol. The second kappa shape index (κ2) is 7.14. The maximum absolute atomic E-state index is 12.7. The summed E-state index contributed by atoms with van der Waals surface area (Å²) in [5.41, 5.74) is 0.418. The van der Waals surface area contributed by atoms with Crippen LogP contribution in [0.2, 0.25) is 5.02 Å². The van der Waals surface area contributed by atoms with E-state index in [0.717, 1.165) is 6.42 Å². The second-order valence-electron chi connectivity index (χ2n) is 5.78. The average Bonchev–Trinajstić information content (AvgIpc) is 3.18. The van der Waals surface area contributed by atoms with Crippen molar-refractivity contribution in [3.05, 3.63) is 45.0 Å². The second-order valence-corrected chi connectivity index (χ2v) is 6.21. The molecule has 1 aromatic rings. The van der Waals surface area contributed by atoms with Crippen LogP contribution in [0.4, 0.5) is 0 Å². The van der Waals surface area contributed by atoms with Gasteiger partial charge in [0.25, 0.3) is 11.9 Å². The monoisotopic (exact) mass is 352 g/mol. The molecule has 2 heterocycles. The highest BCUT2D eigenvalue weighted by Crippen LogP contribution is 2.20. The number of rotatable bonds is 4. The number of hydrogen-bond acceptors (Lipinski definition) is 4. The van der Waals surface area contributed by atoms with Crippen LogP contribution in [0.1, 0.15) is 16.8 Å². The number of hydrogen-bond donors (Lipinski definition) is 0. The van der Waals surface area contributed by atoms with E-state index in [1.807, 2.05) is 0 Å². The Hall–Kier alpha value is -2.19. The third kappa shape index (κ3) is 3.65. The standard InChI is InChI=1S/C15H17ClN4O4/c16-13-3-1-12(2-4-13)14(21)19-7-6-18(15(19)17-20(22)23)9-11-5-8-24-10-11/h1-4,11H,5-10H2. The van der Waals surface area contributed by atoms with Crippen LogP contribution in [-0.4, -0.2) is 59.5 Å². The van der Waals surface area contributed by atoms with Gasteiger partial charge < -0.3 is 9.64 Å². The lowest BCUT2D eigenvalue weighted by molar-refractivity contribution is -0.486. The number of carbonyl (C=O) groups is 1. The number of benzene rings is 1. The van der Waals surface area contributed by atoms with Gasteiger partial charge in [-0.15, -0.1) is 0 Å². The number of guanidine groups is 1. The lowest BCUT2D eigenvalue weighted by atomic mass is 10.1. The fourth-order valence-corrected chi connectivity index (χ4v) is 3.06. The zero-order chi connectivity index (χ0) is 17.1. The van der Waals surface area contributed by atoms with E-state index in [1.54, 1.807) is 29.2 Å². The molecule has 0 aliphatic carbocycles. The van der Waals surface area contributed by atoms with Gasteiger partial charge in [-0.3, -0.25) is 9.69 Å². The molecule has 9 heteroatoms. The van der Waals surface area contributed by atoms with Gasteiger partial charge in [-0.1, -0.05) is 11.6 Å². The highest BCUT2D eigenvalue weighted by Gasteiger charge is 2.36. The van der Waals surface area contributed by atoms with Crippen LogP contribution in [0.25, 0.3) is 0 Å². The number of amides is 1. The lowest BCUT2D eigenvalue weighted by Crippen LogP contribution is -2.40. The predicted octanol–water partition coefficient (Wildman–Crippen LogP) is 1.68. The lowest BCUT2D eigenvalue weighted by Gasteiger charge is -2.21. The van der Waals surface area contributed by atoms with Gasteiger partial charge in [0.15, 0.2) is 5.03 Å². The zero-order valence-corrected chi connectivity index (χ0v) is 13.7. The Kier molecular flexibility index (Phi) is 4.96. The molecule has 0 spiro atoms. The molecule has 1 aromatic carbocycles. The molecule has 0 bridgehead atoms. The van der Waals surface area contributed by atoms with Crippen LogP contribution < -0.4 is 0 Å². The van der Waals surface area contributed by atoms with Crippen molar-refractivity contribution in [2.24, 2.45) is 11.0 Å². The molecule has 24 heavy (non-hydrogen) atoms. The smallest absolute Gasteiger partial charge is 0.281 e. The average molecular weight is 353 g/mol. The first kappa shape index (κ1) is 16.7. The van der Waals surface area contributed by atoms with Gasteiger partial charge in [-0.05, 0) is 30.7 Å². The topological polar surface area (TPSA) is 88.3 Å². The molecular formula is C15H17ClN4O4. The van der Waals surface area contributed by atoms with E-state index < -0.39 is 5.03 Å². The Morgan fingerprint density at radius 2 is 2.12 bits per heavy atom. The summed E-state index contributed by atoms with van der Waals surface area (Å²) in [6.45, 7) is 2.81. The molecule has 0 N–H and O–H groups in total. The molecule has 0 radical (unpaired) electrons. The molecule has 1 amide bonds. The van der Waals surface area contributed by atoms with Gasteiger partial charge in [0, 0.05) is 42.7 Å². The number of nitro groups is 1. The van der Waals surface area contributed by atoms with Crippen molar-refractivity contribution in [3.8, 4) is 0 Å². The largest absolute Gasteiger partial charge is 0.381 e. The van der Waals surface area contributed by atoms with Crippen LogP contribution in [0.15, 0.2) is 29.4 Å². The van der Waals surface area contributed by atoms with Gasteiger partial charge in [0.1, 0.15) is 5.10 Å². The van der Waals surface area contributed by atoms with Gasteiger partial charge >= 0.3 is 0 Å². The summed E-state index contributed by atoms with van der Waals surface area (Å²) in [5.74, 6) is 0.0665. The Morgan fingerprint density at radius 1 is 1.38 bits per heavy atom. The third-order valence-corrected chi connectivity index (χ3v) is 4.38. The molecule has 1 unspecified atom stereocenters. The van der Waals surface area contributed by atoms with Crippen molar-refractivity contribution in [2.75, 3.05) is 32.8 Å². The van der Waals surface area contributed by atoms with E-state index in [2.05, 4.69) is 5.10 Å². The third-order valence-electron chi connectivity index (χ3n) is 4.13. The van der Waals surface area contributed by atoms with Crippen LogP contribution in [0.5, 0.6) is 0 Å². The van der Waals surface area contributed by atoms with Crippen molar-refractivity contribution >= 4 is 23.5 Å². The molecule has 1 atom stereocenters. The van der Waals surface area contributed by atoms with E-state index in [-0.39, 0.29) is 11.9 Å². The van der Waals surface area contributed by atoms with Gasteiger partial charge in [0.2, 0.25) is 0 Å². The molecule has 8 nitrogen and oxygen atoms in total. The summed E-state index contributed by atoms with van der Waals surface area (Å²) in [6, 6.07) is 6.43. The van der Waals surface area contributed by atoms with Crippen molar-refractivity contribution in [2.45, 2.75) is 6.42 Å². The number of nitrogens with zero attached hydrogens (tertiary/aromatic N) is 4. The van der Waals surface area contributed by atoms with Crippen molar-refractivity contribution < 1.29 is 14.6 Å². The summed E-state index contributed by atoms with van der Waals surface area (Å²) in [5, 5.41) is 14.1. The Bertz CT molecular complexity index is 658. The highest BCUT2D eigenvalue weighted by molar-refractivity contribution is 6.30. The molecule has 128 valence electrons. The molecule has 0 saturated carbocycles. The SMILES string of the molecule is O=C(c1ccc(Cl)cc1)N1CCN(CC2CCOC2)C1=N[N+](=O)[O-]. The Labute approximate surface area is 143 Å². The minimum absolute atomic E-state index is 0.0897. The quantitative estimate of drug-likeness (QED) is 0.607. The number of carbonyl (C=O) groups excluding carboxylic acids is 1. The zero-order valence-electron chi connectivity index (χ0n) is 12.9. The van der Waals surface area contributed by atoms with E-state index in [9.17, 15) is 14.9 Å². The first-order valence-corrected chi connectivity index (χ1v) is 8.05. The number of halogens is 1. The normalized spacial score (nSPS) is 22.4. The van der Waals surface area contributed by atoms with Gasteiger partial charge in [0.05, 0.1) is 6.61 Å². The summed E-state index contributed by atoms with van der Waals surface area (Å²) in [7, 11) is 0.